The van der Waals surface area contributed by atoms with Gasteiger partial charge in [0.05, 0.1) is 0 Å². The zero-order valence-corrected chi connectivity index (χ0v) is 12.2. The van der Waals surface area contributed by atoms with Crippen molar-refractivity contribution in [2.45, 2.75) is 26.4 Å². The van der Waals surface area contributed by atoms with Crippen LogP contribution in [-0.2, 0) is 4.74 Å². The highest BCUT2D eigenvalue weighted by Gasteiger charge is 2.25. The molecule has 0 aliphatic carbocycles. The largest absolute Gasteiger partial charge is 0.482 e. The quantitative estimate of drug-likeness (QED) is 0.791. The van der Waals surface area contributed by atoms with Crippen LogP contribution in [-0.4, -0.2) is 47.8 Å². The summed E-state index contributed by atoms with van der Waals surface area (Å²) >= 11 is 0. The van der Waals surface area contributed by atoms with Crippen molar-refractivity contribution in [1.29, 1.82) is 0 Å². The molecule has 0 saturated carbocycles. The Bertz CT molecular complexity index is 459. The molecule has 0 bridgehead atoms. The zero-order valence-electron chi connectivity index (χ0n) is 12.2. The molecule has 1 aliphatic rings. The van der Waals surface area contributed by atoms with E-state index in [2.05, 4.69) is 9.88 Å². The summed E-state index contributed by atoms with van der Waals surface area (Å²) in [7, 11) is 0. The molecule has 110 valence electrons. The Morgan fingerprint density at radius 2 is 1.90 bits per heavy atom. The summed E-state index contributed by atoms with van der Waals surface area (Å²) in [6, 6.07) is 3.56. The van der Waals surface area contributed by atoms with Crippen LogP contribution in [0, 0.1) is 0 Å². The van der Waals surface area contributed by atoms with Crippen molar-refractivity contribution in [3.8, 4) is 0 Å². The first kappa shape index (κ1) is 14.4. The lowest BCUT2D eigenvalue weighted by Gasteiger charge is -2.37. The van der Waals surface area contributed by atoms with E-state index in [0.717, 1.165) is 18.8 Å². The van der Waals surface area contributed by atoms with Gasteiger partial charge >= 0.3 is 6.09 Å². The molecule has 6 nitrogen and oxygen atoms in total. The molecular formula is C14H21N4O2-. The fourth-order valence-electron chi connectivity index (χ4n) is 2.05. The summed E-state index contributed by atoms with van der Waals surface area (Å²) in [4.78, 5) is 19.8. The van der Waals surface area contributed by atoms with Gasteiger partial charge in [-0.1, -0.05) is 18.1 Å². The Balaban J connectivity index is 1.89. The monoisotopic (exact) mass is 277 g/mol. The van der Waals surface area contributed by atoms with Gasteiger partial charge in [0.15, 0.2) is 0 Å². The van der Waals surface area contributed by atoms with Gasteiger partial charge in [-0.05, 0) is 26.8 Å². The number of hydrogen-bond donors (Lipinski definition) is 0. The first-order valence-corrected chi connectivity index (χ1v) is 6.76. The average Bonchev–Trinajstić information content (AvgIpc) is 2.38. The number of anilines is 1. The van der Waals surface area contributed by atoms with Crippen molar-refractivity contribution in [1.82, 2.24) is 9.88 Å². The molecule has 2 heterocycles. The lowest BCUT2D eigenvalue weighted by Crippen LogP contribution is -2.50. The van der Waals surface area contributed by atoms with Gasteiger partial charge in [-0.25, -0.2) is 4.79 Å². The van der Waals surface area contributed by atoms with Crippen molar-refractivity contribution in [3.63, 3.8) is 0 Å². The number of amides is 1. The number of nitrogens with zero attached hydrogens (tertiary/aromatic N) is 3. The summed E-state index contributed by atoms with van der Waals surface area (Å²) in [5.41, 5.74) is 7.91. The van der Waals surface area contributed by atoms with Crippen LogP contribution in [0.15, 0.2) is 18.3 Å². The van der Waals surface area contributed by atoms with Crippen LogP contribution >= 0.6 is 0 Å². The van der Waals surface area contributed by atoms with E-state index >= 15 is 0 Å². The maximum absolute atomic E-state index is 11.9. The van der Waals surface area contributed by atoms with Crippen molar-refractivity contribution >= 4 is 17.6 Å². The van der Waals surface area contributed by atoms with Crippen molar-refractivity contribution in [3.05, 3.63) is 24.1 Å². The molecular weight excluding hydrogens is 256 g/mol. The minimum Gasteiger partial charge on any atom is -0.482 e. The first-order chi connectivity index (χ1) is 9.35. The lowest BCUT2D eigenvalue weighted by atomic mass is 10.2. The summed E-state index contributed by atoms with van der Waals surface area (Å²) in [5.74, 6) is 0.265. The number of hydrogen-bond acceptors (Lipinski definition) is 4. The molecule has 20 heavy (non-hydrogen) atoms. The third-order valence-corrected chi connectivity index (χ3v) is 3.04. The summed E-state index contributed by atoms with van der Waals surface area (Å²) in [6.07, 6.45) is 1.45. The van der Waals surface area contributed by atoms with Gasteiger partial charge in [0.2, 0.25) is 0 Å². The molecule has 1 aromatic rings. The SMILES string of the molecule is CC(C)(C)OC(=O)N1CCN(c2ccc([NH-])nc2)CC1. The van der Waals surface area contributed by atoms with Gasteiger partial charge < -0.3 is 25.3 Å². The third kappa shape index (κ3) is 3.76. The topological polar surface area (TPSA) is 69.5 Å². The predicted molar refractivity (Wildman–Crippen MR) is 78.2 cm³/mol. The third-order valence-electron chi connectivity index (χ3n) is 3.04. The van der Waals surface area contributed by atoms with E-state index in [0.29, 0.717) is 13.1 Å². The fourth-order valence-corrected chi connectivity index (χ4v) is 2.05. The number of aromatic nitrogens is 1. The molecule has 1 saturated heterocycles. The van der Waals surface area contributed by atoms with Gasteiger partial charge in [0.25, 0.3) is 0 Å². The van der Waals surface area contributed by atoms with Crippen LogP contribution in [0.5, 0.6) is 0 Å². The second kappa shape index (κ2) is 5.56. The van der Waals surface area contributed by atoms with Crippen molar-refractivity contribution in [2.24, 2.45) is 0 Å². The van der Waals surface area contributed by atoms with Crippen molar-refractivity contribution in [2.75, 3.05) is 31.1 Å². The van der Waals surface area contributed by atoms with E-state index in [1.165, 1.54) is 0 Å². The molecule has 0 unspecified atom stereocenters. The van der Waals surface area contributed by atoms with E-state index in [4.69, 9.17) is 10.5 Å². The van der Waals surface area contributed by atoms with Crippen LogP contribution in [0.2, 0.25) is 0 Å². The molecule has 6 heteroatoms. The molecule has 0 radical (unpaired) electrons. The lowest BCUT2D eigenvalue weighted by molar-refractivity contribution is 0.0240. The molecule has 0 spiro atoms. The van der Waals surface area contributed by atoms with Gasteiger partial charge in [0.1, 0.15) is 5.60 Å². The van der Waals surface area contributed by atoms with Crippen LogP contribution in [0.25, 0.3) is 5.73 Å². The molecule has 1 fully saturated rings. The summed E-state index contributed by atoms with van der Waals surface area (Å²) in [5, 5.41) is 0. The number of rotatable bonds is 1. The highest BCUT2D eigenvalue weighted by atomic mass is 16.6. The summed E-state index contributed by atoms with van der Waals surface area (Å²) < 4.78 is 5.37. The Morgan fingerprint density at radius 3 is 2.40 bits per heavy atom. The van der Waals surface area contributed by atoms with E-state index in [9.17, 15) is 4.79 Å². The van der Waals surface area contributed by atoms with Crippen LogP contribution in [0.4, 0.5) is 16.3 Å². The van der Waals surface area contributed by atoms with E-state index in [-0.39, 0.29) is 11.9 Å². The molecule has 1 N–H and O–H groups in total. The van der Waals surface area contributed by atoms with Gasteiger partial charge in [0, 0.05) is 31.9 Å². The predicted octanol–water partition coefficient (Wildman–Crippen LogP) is 2.82. The second-order valence-corrected chi connectivity index (χ2v) is 5.86. The van der Waals surface area contributed by atoms with Crippen molar-refractivity contribution < 1.29 is 9.53 Å². The highest BCUT2D eigenvalue weighted by Crippen LogP contribution is 2.18. The average molecular weight is 277 g/mol. The van der Waals surface area contributed by atoms with Crippen LogP contribution < -0.4 is 4.90 Å². The fraction of sp³-hybridized carbons (Fsp3) is 0.571. The number of nitrogens with one attached hydrogen (secondary N) is 1. The zero-order chi connectivity index (χ0) is 14.8. The Morgan fingerprint density at radius 1 is 1.25 bits per heavy atom. The number of ether oxygens (including phenoxy) is 1. The number of carbonyl (C=O) groups excluding carboxylic acids is 1. The number of piperazine rings is 1. The van der Waals surface area contributed by atoms with E-state index in [1.807, 2.05) is 26.8 Å². The van der Waals surface area contributed by atoms with Gasteiger partial charge in [-0.3, -0.25) is 0 Å². The van der Waals surface area contributed by atoms with E-state index < -0.39 is 5.60 Å². The maximum Gasteiger partial charge on any atom is 0.410 e. The molecule has 1 aliphatic heterocycles. The molecule has 2 rings (SSSR count). The minimum absolute atomic E-state index is 0.253. The van der Waals surface area contributed by atoms with Crippen LogP contribution in [0.3, 0.4) is 0 Å². The standard InChI is InChI=1S/C14H21N4O2/c1-14(2,3)20-13(19)18-8-6-17(7-9-18)11-4-5-12(15)16-10-11/h4-5,10H,6-9H2,1-3H3,(H-,15,16)/q-1. The maximum atomic E-state index is 11.9. The minimum atomic E-state index is -0.456. The normalized spacial score (nSPS) is 16.1. The molecule has 0 aromatic carbocycles. The highest BCUT2D eigenvalue weighted by molar-refractivity contribution is 5.68. The Labute approximate surface area is 119 Å². The molecule has 1 amide bonds. The number of carbonyl (C=O) groups is 1. The number of pyridine rings is 1. The Kier molecular flexibility index (Phi) is 4.01. The van der Waals surface area contributed by atoms with Crippen LogP contribution in [0.1, 0.15) is 20.8 Å². The first-order valence-electron chi connectivity index (χ1n) is 6.76. The van der Waals surface area contributed by atoms with Gasteiger partial charge in [-0.15, -0.1) is 0 Å². The summed E-state index contributed by atoms with van der Waals surface area (Å²) in [6.45, 7) is 8.38. The molecule has 1 aromatic heterocycles. The smallest absolute Gasteiger partial charge is 0.410 e. The van der Waals surface area contributed by atoms with Gasteiger partial charge in [-0.2, -0.15) is 0 Å². The second-order valence-electron chi connectivity index (χ2n) is 5.86. The van der Waals surface area contributed by atoms with E-state index in [1.54, 1.807) is 17.2 Å². The Hall–Kier alpha value is -1.98. The molecule has 0 atom stereocenters.